The summed E-state index contributed by atoms with van der Waals surface area (Å²) in [7, 11) is -3.59. The van der Waals surface area contributed by atoms with Crippen LogP contribution in [0.5, 0.6) is 0 Å². The van der Waals surface area contributed by atoms with Crippen LogP contribution in [0, 0.1) is 16.0 Å². The minimum absolute atomic E-state index is 0.0729. The number of non-ortho nitro benzene ring substituents is 1. The molecule has 3 N–H and O–H groups in total. The van der Waals surface area contributed by atoms with E-state index in [4.69, 9.17) is 4.74 Å². The number of carbonyl (C=O) groups excluding carboxylic acids is 3. The van der Waals surface area contributed by atoms with Crippen molar-refractivity contribution in [2.75, 3.05) is 29.9 Å². The minimum Gasteiger partial charge on any atom is -0.394 e. The third-order valence-corrected chi connectivity index (χ3v) is 12.8. The maximum atomic E-state index is 16.2. The second-order valence-corrected chi connectivity index (χ2v) is 17.5. The summed E-state index contributed by atoms with van der Waals surface area (Å²) in [6.45, 7) is 5.99. The number of nitro groups is 1. The molecule has 3 saturated heterocycles. The first-order chi connectivity index (χ1) is 22.3. The average molecular weight is 668 g/mol. The third-order valence-electron chi connectivity index (χ3n) is 10.4. The predicted molar refractivity (Wildman–Crippen MR) is 175 cm³/mol. The molecule has 4 aliphatic rings. The van der Waals surface area contributed by atoms with Gasteiger partial charge in [-0.05, 0) is 69.1 Å². The molecular formula is C33H42FN5O7Si. The maximum absolute atomic E-state index is 16.2. The summed E-state index contributed by atoms with van der Waals surface area (Å²) in [6, 6.07) is 10.8. The van der Waals surface area contributed by atoms with Crippen molar-refractivity contribution in [3.8, 4) is 0 Å². The molecule has 0 bridgehead atoms. The third kappa shape index (κ3) is 5.96. The van der Waals surface area contributed by atoms with Gasteiger partial charge in [-0.1, -0.05) is 19.1 Å². The number of halogens is 1. The number of nitrogens with zero attached hydrogens (tertiary/aromatic N) is 3. The van der Waals surface area contributed by atoms with Gasteiger partial charge in [0.2, 0.25) is 20.2 Å². The van der Waals surface area contributed by atoms with E-state index in [1.807, 2.05) is 6.07 Å². The average Bonchev–Trinajstić information content (AvgIpc) is 3.81. The first-order valence-corrected chi connectivity index (χ1v) is 19.3. The van der Waals surface area contributed by atoms with E-state index in [0.29, 0.717) is 29.9 Å². The molecule has 0 radical (unpaired) electrons. The number of likely N-dealkylation sites (tertiary alicyclic amines) is 1. The monoisotopic (exact) mass is 667 g/mol. The van der Waals surface area contributed by atoms with Gasteiger partial charge in [-0.2, -0.15) is 0 Å². The Morgan fingerprint density at radius 1 is 1.21 bits per heavy atom. The van der Waals surface area contributed by atoms with Crippen molar-refractivity contribution in [2.45, 2.75) is 88.0 Å². The second-order valence-electron chi connectivity index (χ2n) is 13.7. The number of aliphatic hydroxyl groups is 1. The summed E-state index contributed by atoms with van der Waals surface area (Å²) in [4.78, 5) is 55.4. The first kappa shape index (κ1) is 33.2. The topological polar surface area (TPSA) is 154 Å². The highest BCUT2D eigenvalue weighted by Crippen LogP contribution is 2.60. The van der Waals surface area contributed by atoms with Crippen LogP contribution in [-0.2, 0) is 31.3 Å². The lowest BCUT2D eigenvalue weighted by Gasteiger charge is -2.31. The molecule has 0 aromatic heterocycles. The fourth-order valence-electron chi connectivity index (χ4n) is 8.22. The van der Waals surface area contributed by atoms with Crippen molar-refractivity contribution >= 4 is 43.2 Å². The van der Waals surface area contributed by atoms with Crippen LogP contribution in [-0.4, -0.2) is 78.9 Å². The van der Waals surface area contributed by atoms with Gasteiger partial charge >= 0.3 is 0 Å². The number of nitro benzene ring substituents is 1. The zero-order valence-corrected chi connectivity index (χ0v) is 27.9. The second kappa shape index (κ2) is 12.7. The number of rotatable bonds is 9. The highest BCUT2D eigenvalue weighted by molar-refractivity contribution is 6.72. The molecule has 252 valence electrons. The Morgan fingerprint density at radius 2 is 2.00 bits per heavy atom. The molecule has 3 fully saturated rings. The molecule has 47 heavy (non-hydrogen) atoms. The summed E-state index contributed by atoms with van der Waals surface area (Å²) >= 11 is 0. The molecular weight excluding hydrogens is 625 g/mol. The van der Waals surface area contributed by atoms with Crippen LogP contribution < -0.4 is 15.5 Å². The van der Waals surface area contributed by atoms with Crippen LogP contribution in [0.3, 0.4) is 0 Å². The number of aliphatic hydroxyl groups excluding tert-OH is 1. The fourth-order valence-corrected chi connectivity index (χ4v) is 10.7. The van der Waals surface area contributed by atoms with E-state index in [2.05, 4.69) is 10.6 Å². The van der Waals surface area contributed by atoms with Crippen molar-refractivity contribution in [3.05, 3.63) is 63.7 Å². The summed E-state index contributed by atoms with van der Waals surface area (Å²) in [6.07, 6.45) is 2.00. The quantitative estimate of drug-likeness (QED) is 0.157. The van der Waals surface area contributed by atoms with Gasteiger partial charge in [0, 0.05) is 41.4 Å². The van der Waals surface area contributed by atoms with Gasteiger partial charge in [0.15, 0.2) is 5.60 Å². The molecule has 2 aromatic rings. The van der Waals surface area contributed by atoms with E-state index in [1.54, 1.807) is 30.0 Å². The van der Waals surface area contributed by atoms with E-state index < -0.39 is 42.4 Å². The number of ether oxygens (including phenoxy) is 1. The Labute approximate surface area is 274 Å². The number of amides is 3. The van der Waals surface area contributed by atoms with Crippen LogP contribution in [0.15, 0.2) is 42.5 Å². The fraction of sp³-hybridized carbons (Fsp3) is 0.545. The van der Waals surface area contributed by atoms with Gasteiger partial charge in [0.25, 0.3) is 11.6 Å². The zero-order valence-electron chi connectivity index (χ0n) is 26.9. The number of carbonyl (C=O) groups is 3. The van der Waals surface area contributed by atoms with E-state index in [-0.39, 0.29) is 54.7 Å². The van der Waals surface area contributed by atoms with Gasteiger partial charge in [0.1, 0.15) is 0 Å². The molecule has 6 atom stereocenters. The molecule has 6 rings (SSSR count). The van der Waals surface area contributed by atoms with E-state index in [0.717, 1.165) is 25.8 Å². The van der Waals surface area contributed by atoms with Crippen LogP contribution >= 0.6 is 0 Å². The molecule has 4 aliphatic heterocycles. The molecule has 14 heteroatoms. The normalized spacial score (nSPS) is 28.7. The van der Waals surface area contributed by atoms with Crippen molar-refractivity contribution in [2.24, 2.45) is 5.92 Å². The van der Waals surface area contributed by atoms with Gasteiger partial charge < -0.3 is 34.4 Å². The van der Waals surface area contributed by atoms with Crippen molar-refractivity contribution in [1.82, 2.24) is 10.2 Å². The first-order valence-electron chi connectivity index (χ1n) is 16.4. The van der Waals surface area contributed by atoms with Gasteiger partial charge in [0.05, 0.1) is 48.4 Å². The van der Waals surface area contributed by atoms with Crippen molar-refractivity contribution in [1.29, 1.82) is 0 Å². The number of nitrogens with one attached hydrogen (secondary N) is 2. The molecule has 0 unspecified atom stereocenters. The van der Waals surface area contributed by atoms with Crippen LogP contribution in [0.2, 0.25) is 18.6 Å². The van der Waals surface area contributed by atoms with E-state index >= 15 is 4.11 Å². The molecule has 4 heterocycles. The van der Waals surface area contributed by atoms with Gasteiger partial charge in [-0.25, -0.2) is 0 Å². The van der Waals surface area contributed by atoms with Gasteiger partial charge in [-0.3, -0.25) is 24.5 Å². The number of fused-ring (bicyclic) bond motifs is 2. The van der Waals surface area contributed by atoms with Crippen LogP contribution in [0.25, 0.3) is 0 Å². The minimum atomic E-state index is -3.59. The van der Waals surface area contributed by atoms with Crippen LogP contribution in [0.4, 0.5) is 21.2 Å². The number of hydrogen-bond donors (Lipinski definition) is 3. The maximum Gasteiger partial charge on any atom is 0.269 e. The summed E-state index contributed by atoms with van der Waals surface area (Å²) in [5.74, 6) is -1.61. The Balaban J connectivity index is 1.34. The Hall–Kier alpha value is -3.72. The standard InChI is InChI=1S/C33H42FN5O7Si/c1-20-30(47(2,3)34)28(17-29(41)37-14-6-9-24(37)19-40)46-33(20)25-16-23(39(44)45)11-12-27(25)38(32(33)43)18-21-7-4-8-22(15-21)36-31(42)26-10-5-13-35-26/h4,7-8,11-12,15-16,20,24,26,28,30,35,40H,5-6,9-10,13-14,17-19H2,1-3H3,(H,36,42)/t20-,24-,26+,28+,30-,33+/m0/s1. The van der Waals surface area contributed by atoms with Crippen molar-refractivity contribution in [3.63, 3.8) is 0 Å². The zero-order chi connectivity index (χ0) is 33.7. The molecule has 0 aliphatic carbocycles. The molecule has 12 nitrogen and oxygen atoms in total. The molecule has 3 amide bonds. The van der Waals surface area contributed by atoms with Crippen molar-refractivity contribution < 1.29 is 33.3 Å². The van der Waals surface area contributed by atoms with E-state index in [9.17, 15) is 29.6 Å². The SMILES string of the molecule is C[C@H]1[C@H]([Si](C)(C)F)[C@@H](CC(=O)N2CCC[C@H]2CO)O[C@]12C(=O)N(Cc1cccc(NC(=O)[C@H]3CCCN3)c1)c1ccc([N+](=O)[O-])cc12. The largest absolute Gasteiger partial charge is 0.394 e. The lowest BCUT2D eigenvalue weighted by Crippen LogP contribution is -2.45. The summed E-state index contributed by atoms with van der Waals surface area (Å²) in [5.41, 5.74) is -0.752. The number of anilines is 2. The number of benzene rings is 2. The molecule has 1 spiro atoms. The Bertz CT molecular complexity index is 1580. The summed E-state index contributed by atoms with van der Waals surface area (Å²) in [5, 5.41) is 27.8. The highest BCUT2D eigenvalue weighted by Gasteiger charge is 2.67. The lowest BCUT2D eigenvalue weighted by atomic mass is 9.82. The number of hydrogen-bond acceptors (Lipinski definition) is 8. The Morgan fingerprint density at radius 3 is 2.68 bits per heavy atom. The smallest absolute Gasteiger partial charge is 0.269 e. The van der Waals surface area contributed by atoms with Gasteiger partial charge in [-0.15, -0.1) is 0 Å². The predicted octanol–water partition coefficient (Wildman–Crippen LogP) is 3.98. The molecule has 0 saturated carbocycles. The Kier molecular flexibility index (Phi) is 8.98. The molecule has 2 aromatic carbocycles. The summed E-state index contributed by atoms with van der Waals surface area (Å²) < 4.78 is 22.9. The van der Waals surface area contributed by atoms with E-state index in [1.165, 1.54) is 36.2 Å². The lowest BCUT2D eigenvalue weighted by molar-refractivity contribution is -0.385. The van der Waals surface area contributed by atoms with Crippen LogP contribution in [0.1, 0.15) is 50.2 Å². The highest BCUT2D eigenvalue weighted by atomic mass is 28.4.